The Morgan fingerprint density at radius 1 is 1.20 bits per heavy atom. The highest BCUT2D eigenvalue weighted by Crippen LogP contribution is 2.24. The van der Waals surface area contributed by atoms with Crippen LogP contribution in [-0.2, 0) is 0 Å². The lowest BCUT2D eigenvalue weighted by atomic mass is 10.0. The van der Waals surface area contributed by atoms with E-state index in [9.17, 15) is 4.79 Å². The van der Waals surface area contributed by atoms with E-state index in [1.807, 2.05) is 38.1 Å². The summed E-state index contributed by atoms with van der Waals surface area (Å²) in [5, 5.41) is 11.9. The van der Waals surface area contributed by atoms with Gasteiger partial charge in [0.05, 0.1) is 22.3 Å². The number of carbonyl (C=O) groups is 1. The average Bonchev–Trinajstić information content (AvgIpc) is 2.43. The van der Waals surface area contributed by atoms with Crippen LogP contribution >= 0.6 is 11.6 Å². The van der Waals surface area contributed by atoms with Gasteiger partial charge in [-0.3, -0.25) is 4.79 Å². The van der Waals surface area contributed by atoms with Crippen LogP contribution in [0.4, 0.5) is 5.69 Å². The summed E-state index contributed by atoms with van der Waals surface area (Å²) in [6, 6.07) is 12.5. The van der Waals surface area contributed by atoms with Gasteiger partial charge in [-0.15, -0.1) is 0 Å². The molecule has 0 heterocycles. The number of anilines is 1. The minimum absolute atomic E-state index is 0.210. The Morgan fingerprint density at radius 3 is 2.60 bits per heavy atom. The van der Waals surface area contributed by atoms with Crippen molar-refractivity contribution in [3.63, 3.8) is 0 Å². The molecule has 0 aliphatic carbocycles. The molecule has 0 spiro atoms. The molecule has 0 radical (unpaired) electrons. The third kappa shape index (κ3) is 2.98. The van der Waals surface area contributed by atoms with Crippen LogP contribution in [-0.4, -0.2) is 5.91 Å². The minimum atomic E-state index is -0.210. The predicted molar refractivity (Wildman–Crippen MR) is 80.0 cm³/mol. The largest absolute Gasteiger partial charge is 0.321 e. The highest BCUT2D eigenvalue weighted by Gasteiger charge is 2.11. The Morgan fingerprint density at radius 2 is 1.95 bits per heavy atom. The van der Waals surface area contributed by atoms with E-state index < -0.39 is 0 Å². The third-order valence-electron chi connectivity index (χ3n) is 2.98. The van der Waals surface area contributed by atoms with E-state index in [1.54, 1.807) is 12.1 Å². The Labute approximate surface area is 122 Å². The monoisotopic (exact) mass is 284 g/mol. The second-order valence-corrected chi connectivity index (χ2v) is 4.99. The van der Waals surface area contributed by atoms with Gasteiger partial charge in [0.2, 0.25) is 0 Å². The molecule has 20 heavy (non-hydrogen) atoms. The van der Waals surface area contributed by atoms with Crippen molar-refractivity contribution in [2.75, 3.05) is 5.32 Å². The van der Waals surface area contributed by atoms with E-state index in [1.165, 1.54) is 6.07 Å². The SMILES string of the molecule is Cc1ccc(C)c(C(=O)Nc2ccc(C#N)cc2Cl)c1. The second-order valence-electron chi connectivity index (χ2n) is 4.58. The van der Waals surface area contributed by atoms with Gasteiger partial charge >= 0.3 is 0 Å². The maximum Gasteiger partial charge on any atom is 0.255 e. The predicted octanol–water partition coefficient (Wildman–Crippen LogP) is 4.08. The van der Waals surface area contributed by atoms with Crippen LogP contribution in [0.5, 0.6) is 0 Å². The molecule has 0 atom stereocenters. The summed E-state index contributed by atoms with van der Waals surface area (Å²) in [7, 11) is 0. The third-order valence-corrected chi connectivity index (χ3v) is 3.30. The van der Waals surface area contributed by atoms with Gasteiger partial charge in [0.1, 0.15) is 0 Å². The van der Waals surface area contributed by atoms with Crippen LogP contribution in [0.15, 0.2) is 36.4 Å². The van der Waals surface area contributed by atoms with Crippen molar-refractivity contribution in [3.05, 3.63) is 63.7 Å². The summed E-state index contributed by atoms with van der Waals surface area (Å²) in [6.07, 6.45) is 0. The molecule has 0 saturated heterocycles. The number of amides is 1. The molecule has 0 aliphatic heterocycles. The van der Waals surface area contributed by atoms with Crippen LogP contribution < -0.4 is 5.32 Å². The van der Waals surface area contributed by atoms with Gasteiger partial charge in [-0.1, -0.05) is 29.3 Å². The summed E-state index contributed by atoms with van der Waals surface area (Å²) in [5.74, 6) is -0.210. The van der Waals surface area contributed by atoms with E-state index >= 15 is 0 Å². The van der Waals surface area contributed by atoms with E-state index in [4.69, 9.17) is 16.9 Å². The van der Waals surface area contributed by atoms with E-state index in [0.29, 0.717) is 21.8 Å². The van der Waals surface area contributed by atoms with Gasteiger partial charge in [0, 0.05) is 5.56 Å². The fraction of sp³-hybridized carbons (Fsp3) is 0.125. The first-order valence-corrected chi connectivity index (χ1v) is 6.47. The quantitative estimate of drug-likeness (QED) is 0.903. The molecule has 2 aromatic carbocycles. The van der Waals surface area contributed by atoms with Gasteiger partial charge in [-0.25, -0.2) is 0 Å². The average molecular weight is 285 g/mol. The summed E-state index contributed by atoms with van der Waals surface area (Å²) in [6.45, 7) is 3.82. The van der Waals surface area contributed by atoms with Gasteiger partial charge in [0.25, 0.3) is 5.91 Å². The Hall–Kier alpha value is -2.31. The molecular weight excluding hydrogens is 272 g/mol. The van der Waals surface area contributed by atoms with Crippen LogP contribution in [0.3, 0.4) is 0 Å². The van der Waals surface area contributed by atoms with E-state index in [-0.39, 0.29) is 5.91 Å². The second kappa shape index (κ2) is 5.77. The normalized spacial score (nSPS) is 9.90. The summed E-state index contributed by atoms with van der Waals surface area (Å²) >= 11 is 6.04. The molecule has 0 saturated carbocycles. The van der Waals surface area contributed by atoms with Crippen LogP contribution in [0.25, 0.3) is 0 Å². The molecule has 0 unspecified atom stereocenters. The zero-order valence-electron chi connectivity index (χ0n) is 11.2. The standard InChI is InChI=1S/C16H13ClN2O/c1-10-3-4-11(2)13(7-10)16(20)19-15-6-5-12(9-18)8-14(15)17/h3-8H,1-2H3,(H,19,20). The summed E-state index contributed by atoms with van der Waals surface area (Å²) in [4.78, 5) is 12.3. The zero-order valence-corrected chi connectivity index (χ0v) is 12.0. The van der Waals surface area contributed by atoms with E-state index in [0.717, 1.165) is 11.1 Å². The Kier molecular flexibility index (Phi) is 4.07. The zero-order chi connectivity index (χ0) is 14.7. The number of nitriles is 1. The number of nitrogens with zero attached hydrogens (tertiary/aromatic N) is 1. The number of rotatable bonds is 2. The molecule has 1 N–H and O–H groups in total. The maximum absolute atomic E-state index is 12.3. The van der Waals surface area contributed by atoms with Crippen molar-refractivity contribution in [2.24, 2.45) is 0 Å². The first-order valence-electron chi connectivity index (χ1n) is 6.09. The number of nitrogens with one attached hydrogen (secondary N) is 1. The van der Waals surface area contributed by atoms with Gasteiger partial charge < -0.3 is 5.32 Å². The van der Waals surface area contributed by atoms with Gasteiger partial charge in [-0.2, -0.15) is 5.26 Å². The molecule has 4 heteroatoms. The lowest BCUT2D eigenvalue weighted by Gasteiger charge is -2.10. The molecule has 0 fully saturated rings. The fourth-order valence-corrected chi connectivity index (χ4v) is 2.08. The molecule has 2 aromatic rings. The molecule has 3 nitrogen and oxygen atoms in total. The van der Waals surface area contributed by atoms with Crippen LogP contribution in [0.2, 0.25) is 5.02 Å². The molecule has 2 rings (SSSR count). The highest BCUT2D eigenvalue weighted by atomic mass is 35.5. The number of hydrogen-bond acceptors (Lipinski definition) is 2. The topological polar surface area (TPSA) is 52.9 Å². The van der Waals surface area contributed by atoms with Crippen molar-refractivity contribution in [3.8, 4) is 6.07 Å². The molecule has 1 amide bonds. The Bertz CT molecular complexity index is 717. The molecule has 100 valence electrons. The first kappa shape index (κ1) is 14.1. The van der Waals surface area contributed by atoms with Crippen molar-refractivity contribution >= 4 is 23.2 Å². The molecule has 0 bridgehead atoms. The Balaban J connectivity index is 2.28. The fourth-order valence-electron chi connectivity index (χ4n) is 1.86. The number of aryl methyl sites for hydroxylation is 2. The smallest absolute Gasteiger partial charge is 0.255 e. The number of hydrogen-bond donors (Lipinski definition) is 1. The minimum Gasteiger partial charge on any atom is -0.321 e. The van der Waals surface area contributed by atoms with Crippen molar-refractivity contribution < 1.29 is 4.79 Å². The first-order chi connectivity index (χ1) is 9.51. The lowest BCUT2D eigenvalue weighted by Crippen LogP contribution is -2.14. The van der Waals surface area contributed by atoms with Crippen molar-refractivity contribution in [2.45, 2.75) is 13.8 Å². The number of benzene rings is 2. The summed E-state index contributed by atoms with van der Waals surface area (Å²) < 4.78 is 0. The number of carbonyl (C=O) groups excluding carboxylic acids is 1. The molecular formula is C16H13ClN2O. The number of halogens is 1. The van der Waals surface area contributed by atoms with E-state index in [2.05, 4.69) is 5.32 Å². The molecule has 0 aromatic heterocycles. The lowest BCUT2D eigenvalue weighted by molar-refractivity contribution is 0.102. The summed E-state index contributed by atoms with van der Waals surface area (Å²) in [5.41, 5.74) is 3.49. The van der Waals surface area contributed by atoms with Crippen LogP contribution in [0, 0.1) is 25.2 Å². The molecule has 0 aliphatic rings. The maximum atomic E-state index is 12.3. The highest BCUT2D eigenvalue weighted by molar-refractivity contribution is 6.34. The van der Waals surface area contributed by atoms with Crippen molar-refractivity contribution in [1.29, 1.82) is 5.26 Å². The van der Waals surface area contributed by atoms with Gasteiger partial charge in [0.15, 0.2) is 0 Å². The van der Waals surface area contributed by atoms with Gasteiger partial charge in [-0.05, 0) is 43.7 Å². The van der Waals surface area contributed by atoms with Crippen LogP contribution in [0.1, 0.15) is 27.0 Å². The van der Waals surface area contributed by atoms with Crippen molar-refractivity contribution in [1.82, 2.24) is 0 Å².